The molecular weight excluding hydrogens is 184 g/mol. The zero-order chi connectivity index (χ0) is 8.97. The van der Waals surface area contributed by atoms with Gasteiger partial charge in [-0.2, -0.15) is 8.78 Å². The first-order chi connectivity index (χ1) is 5.72. The van der Waals surface area contributed by atoms with E-state index in [-0.39, 0.29) is 5.75 Å². The Balaban J connectivity index is 2.41. The van der Waals surface area contributed by atoms with Crippen molar-refractivity contribution in [3.63, 3.8) is 0 Å². The number of halogens is 2. The summed E-state index contributed by atoms with van der Waals surface area (Å²) in [5.74, 6) is -0.991. The predicted molar refractivity (Wildman–Crippen MR) is 43.9 cm³/mol. The van der Waals surface area contributed by atoms with Crippen molar-refractivity contribution in [3.8, 4) is 0 Å². The van der Waals surface area contributed by atoms with Crippen molar-refractivity contribution in [2.24, 2.45) is 5.73 Å². The number of rotatable bonds is 4. The third-order valence-corrected chi connectivity index (χ3v) is 1.97. The fourth-order valence-electron chi connectivity index (χ4n) is 0.755. The molecule has 0 bridgehead atoms. The van der Waals surface area contributed by atoms with E-state index in [1.807, 2.05) is 0 Å². The molecule has 0 aliphatic heterocycles. The normalized spacial score (nSPS) is 11.0. The minimum Gasteiger partial charge on any atom is -0.464 e. The van der Waals surface area contributed by atoms with Crippen molar-refractivity contribution in [1.82, 2.24) is 0 Å². The van der Waals surface area contributed by atoms with Gasteiger partial charge < -0.3 is 10.2 Å². The van der Waals surface area contributed by atoms with E-state index < -0.39 is 5.76 Å². The van der Waals surface area contributed by atoms with Crippen LogP contribution in [0.25, 0.3) is 0 Å². The molecule has 1 heterocycles. The number of hydrogen-bond donors (Lipinski definition) is 1. The molecule has 0 atom stereocenters. The van der Waals surface area contributed by atoms with Crippen molar-refractivity contribution in [3.05, 3.63) is 23.7 Å². The van der Waals surface area contributed by atoms with Crippen molar-refractivity contribution < 1.29 is 13.2 Å². The zero-order valence-electron chi connectivity index (χ0n) is 6.30. The van der Waals surface area contributed by atoms with E-state index in [0.29, 0.717) is 29.8 Å². The first-order valence-electron chi connectivity index (χ1n) is 3.40. The molecule has 0 saturated heterocycles. The number of furan rings is 1. The van der Waals surface area contributed by atoms with Crippen LogP contribution in [-0.4, -0.2) is 5.76 Å². The summed E-state index contributed by atoms with van der Waals surface area (Å²) in [6.45, 7) is 0.305. The van der Waals surface area contributed by atoms with Crippen molar-refractivity contribution >= 4 is 11.8 Å². The Morgan fingerprint density at radius 2 is 2.08 bits per heavy atom. The molecule has 2 nitrogen and oxygen atoms in total. The topological polar surface area (TPSA) is 39.2 Å². The van der Waals surface area contributed by atoms with Crippen LogP contribution in [0.1, 0.15) is 11.5 Å². The van der Waals surface area contributed by atoms with Gasteiger partial charge in [-0.15, -0.1) is 0 Å². The Hall–Kier alpha value is -0.550. The van der Waals surface area contributed by atoms with Gasteiger partial charge in [-0.05, 0) is 12.1 Å². The van der Waals surface area contributed by atoms with Crippen LogP contribution in [0.3, 0.4) is 0 Å². The molecule has 5 heteroatoms. The monoisotopic (exact) mass is 193 g/mol. The molecule has 0 fully saturated rings. The van der Waals surface area contributed by atoms with Gasteiger partial charge in [-0.1, -0.05) is 11.8 Å². The molecule has 12 heavy (non-hydrogen) atoms. The summed E-state index contributed by atoms with van der Waals surface area (Å²) >= 11 is 0.540. The van der Waals surface area contributed by atoms with E-state index in [0.717, 1.165) is 0 Å². The molecule has 0 amide bonds. The molecule has 0 radical (unpaired) electrons. The van der Waals surface area contributed by atoms with Crippen LogP contribution in [0.5, 0.6) is 0 Å². The van der Waals surface area contributed by atoms with Gasteiger partial charge in [0.2, 0.25) is 0 Å². The number of hydrogen-bond acceptors (Lipinski definition) is 3. The highest BCUT2D eigenvalue weighted by molar-refractivity contribution is 7.98. The molecule has 0 spiro atoms. The van der Waals surface area contributed by atoms with Crippen LogP contribution in [0.4, 0.5) is 8.78 Å². The fourth-order valence-corrected chi connectivity index (χ4v) is 1.20. The Morgan fingerprint density at radius 3 is 2.58 bits per heavy atom. The average molecular weight is 193 g/mol. The van der Waals surface area contributed by atoms with Crippen LogP contribution in [0.2, 0.25) is 0 Å². The predicted octanol–water partition coefficient (Wildman–Crippen LogP) is 2.19. The van der Waals surface area contributed by atoms with E-state index in [9.17, 15) is 8.78 Å². The summed E-state index contributed by atoms with van der Waals surface area (Å²) in [5.41, 5.74) is 5.27. The number of thioether (sulfide) groups is 1. The van der Waals surface area contributed by atoms with Gasteiger partial charge in [0.1, 0.15) is 11.5 Å². The average Bonchev–Trinajstić information content (AvgIpc) is 2.48. The molecule has 0 aliphatic carbocycles. The highest BCUT2D eigenvalue weighted by atomic mass is 32.2. The van der Waals surface area contributed by atoms with Gasteiger partial charge in [-0.25, -0.2) is 0 Å². The number of alkyl halides is 2. The van der Waals surface area contributed by atoms with Crippen LogP contribution >= 0.6 is 11.8 Å². The van der Waals surface area contributed by atoms with Crippen LogP contribution in [-0.2, 0) is 12.3 Å². The van der Waals surface area contributed by atoms with Crippen LogP contribution < -0.4 is 5.73 Å². The largest absolute Gasteiger partial charge is 0.464 e. The lowest BCUT2D eigenvalue weighted by atomic mass is 10.4. The lowest BCUT2D eigenvalue weighted by Crippen LogP contribution is -1.92. The van der Waals surface area contributed by atoms with Gasteiger partial charge in [0.25, 0.3) is 5.76 Å². The van der Waals surface area contributed by atoms with E-state index in [1.54, 1.807) is 12.1 Å². The molecule has 2 N–H and O–H groups in total. The molecule has 1 aromatic heterocycles. The molecule has 0 aromatic carbocycles. The summed E-state index contributed by atoms with van der Waals surface area (Å²) in [5, 5.41) is 0. The van der Waals surface area contributed by atoms with Crippen LogP contribution in [0, 0.1) is 0 Å². The second-order valence-electron chi connectivity index (χ2n) is 2.14. The first kappa shape index (κ1) is 9.54. The molecule has 0 saturated carbocycles. The molecular formula is C7H9F2NOS. The maximum absolute atomic E-state index is 11.7. The fraction of sp³-hybridized carbons (Fsp3) is 0.429. The quantitative estimate of drug-likeness (QED) is 0.796. The van der Waals surface area contributed by atoms with Crippen molar-refractivity contribution in [1.29, 1.82) is 0 Å². The van der Waals surface area contributed by atoms with Gasteiger partial charge in [0, 0.05) is 0 Å². The standard InChI is InChI=1S/C7H9F2NOS/c8-7(9)12-4-6-2-1-5(3-10)11-6/h1-2,7H,3-4,10H2. The minimum absolute atomic E-state index is 0.192. The molecule has 1 aromatic rings. The second kappa shape index (κ2) is 4.47. The summed E-state index contributed by atoms with van der Waals surface area (Å²) < 4.78 is 28.5. The Morgan fingerprint density at radius 1 is 1.42 bits per heavy atom. The van der Waals surface area contributed by atoms with Gasteiger partial charge in [0.15, 0.2) is 0 Å². The summed E-state index contributed by atoms with van der Waals surface area (Å²) in [6, 6.07) is 3.36. The zero-order valence-corrected chi connectivity index (χ0v) is 7.11. The molecule has 0 aliphatic rings. The Bertz CT molecular complexity index is 239. The van der Waals surface area contributed by atoms with Crippen molar-refractivity contribution in [2.45, 2.75) is 18.1 Å². The van der Waals surface area contributed by atoms with E-state index >= 15 is 0 Å². The molecule has 0 unspecified atom stereocenters. The van der Waals surface area contributed by atoms with Gasteiger partial charge in [0.05, 0.1) is 12.3 Å². The van der Waals surface area contributed by atoms with Crippen molar-refractivity contribution in [2.75, 3.05) is 0 Å². The lowest BCUT2D eigenvalue weighted by Gasteiger charge is -1.95. The third kappa shape index (κ3) is 2.83. The van der Waals surface area contributed by atoms with E-state index in [1.165, 1.54) is 0 Å². The third-order valence-electron chi connectivity index (χ3n) is 1.27. The highest BCUT2D eigenvalue weighted by Gasteiger charge is 2.06. The maximum atomic E-state index is 11.7. The first-order valence-corrected chi connectivity index (χ1v) is 4.44. The van der Waals surface area contributed by atoms with Crippen LogP contribution in [0.15, 0.2) is 16.5 Å². The summed E-state index contributed by atoms with van der Waals surface area (Å²) in [7, 11) is 0. The lowest BCUT2D eigenvalue weighted by molar-refractivity contribution is 0.251. The van der Waals surface area contributed by atoms with Gasteiger partial charge in [-0.3, -0.25) is 0 Å². The Labute approximate surface area is 73.1 Å². The minimum atomic E-state index is -2.35. The summed E-state index contributed by atoms with van der Waals surface area (Å²) in [6.07, 6.45) is 0. The maximum Gasteiger partial charge on any atom is 0.284 e. The van der Waals surface area contributed by atoms with E-state index in [4.69, 9.17) is 10.2 Å². The summed E-state index contributed by atoms with van der Waals surface area (Å²) in [4.78, 5) is 0. The molecule has 68 valence electrons. The number of nitrogens with two attached hydrogens (primary N) is 1. The Kier molecular flexibility index (Phi) is 3.55. The van der Waals surface area contributed by atoms with Gasteiger partial charge >= 0.3 is 0 Å². The second-order valence-corrected chi connectivity index (χ2v) is 3.12. The highest BCUT2D eigenvalue weighted by Crippen LogP contribution is 2.20. The smallest absolute Gasteiger partial charge is 0.284 e. The molecule has 1 rings (SSSR count). The van der Waals surface area contributed by atoms with E-state index in [2.05, 4.69) is 0 Å². The SMILES string of the molecule is NCc1ccc(CSC(F)F)o1.